The zero-order valence-electron chi connectivity index (χ0n) is 11.4. The van der Waals surface area contributed by atoms with E-state index in [2.05, 4.69) is 20.5 Å². The fraction of sp³-hybridized carbons (Fsp3) is 0.357. The Morgan fingerprint density at radius 1 is 1.32 bits per heavy atom. The summed E-state index contributed by atoms with van der Waals surface area (Å²) in [5.74, 6) is 0.612. The maximum absolute atomic E-state index is 12.3. The van der Waals surface area contributed by atoms with Crippen molar-refractivity contribution in [3.05, 3.63) is 47.5 Å². The van der Waals surface area contributed by atoms with Gasteiger partial charge in [0.2, 0.25) is 5.91 Å². The third-order valence-electron chi connectivity index (χ3n) is 3.22. The van der Waals surface area contributed by atoms with E-state index in [4.69, 9.17) is 0 Å². The van der Waals surface area contributed by atoms with Crippen molar-refractivity contribution in [2.75, 3.05) is 0 Å². The van der Waals surface area contributed by atoms with E-state index < -0.39 is 5.41 Å². The summed E-state index contributed by atoms with van der Waals surface area (Å²) in [5.41, 5.74) is 1.60. The SMILES string of the molecule is Cc1ccc(C(C)(C)C(=O)NCc2ncn[nH]2)cc1. The van der Waals surface area contributed by atoms with Crippen LogP contribution < -0.4 is 5.32 Å². The quantitative estimate of drug-likeness (QED) is 0.877. The third kappa shape index (κ3) is 2.99. The average Bonchev–Trinajstić information content (AvgIpc) is 2.89. The van der Waals surface area contributed by atoms with Crippen LogP contribution in [-0.4, -0.2) is 21.1 Å². The maximum Gasteiger partial charge on any atom is 0.230 e. The molecule has 0 atom stereocenters. The topological polar surface area (TPSA) is 70.7 Å². The van der Waals surface area contributed by atoms with E-state index >= 15 is 0 Å². The molecule has 0 spiro atoms. The lowest BCUT2D eigenvalue weighted by molar-refractivity contribution is -0.125. The number of rotatable bonds is 4. The number of nitrogens with zero attached hydrogens (tertiary/aromatic N) is 2. The van der Waals surface area contributed by atoms with E-state index in [1.54, 1.807) is 0 Å². The number of aromatic amines is 1. The van der Waals surface area contributed by atoms with Crippen LogP contribution in [0.3, 0.4) is 0 Å². The maximum atomic E-state index is 12.3. The summed E-state index contributed by atoms with van der Waals surface area (Å²) >= 11 is 0. The van der Waals surface area contributed by atoms with Gasteiger partial charge in [-0.05, 0) is 26.3 Å². The van der Waals surface area contributed by atoms with Crippen LogP contribution in [0, 0.1) is 6.92 Å². The van der Waals surface area contributed by atoms with Gasteiger partial charge in [0.25, 0.3) is 0 Å². The van der Waals surface area contributed by atoms with E-state index in [0.717, 1.165) is 5.56 Å². The van der Waals surface area contributed by atoms with Crippen molar-refractivity contribution in [3.63, 3.8) is 0 Å². The van der Waals surface area contributed by atoms with Crippen LogP contribution in [-0.2, 0) is 16.8 Å². The Bertz CT molecular complexity index is 543. The van der Waals surface area contributed by atoms with E-state index in [0.29, 0.717) is 12.4 Å². The summed E-state index contributed by atoms with van der Waals surface area (Å²) in [6, 6.07) is 8.01. The fourth-order valence-electron chi connectivity index (χ4n) is 1.80. The largest absolute Gasteiger partial charge is 0.348 e. The van der Waals surface area contributed by atoms with Gasteiger partial charge in [-0.15, -0.1) is 0 Å². The van der Waals surface area contributed by atoms with Crippen LogP contribution in [0.1, 0.15) is 30.8 Å². The number of amides is 1. The highest BCUT2D eigenvalue weighted by molar-refractivity contribution is 5.87. The predicted molar refractivity (Wildman–Crippen MR) is 72.4 cm³/mol. The number of benzene rings is 1. The molecule has 100 valence electrons. The van der Waals surface area contributed by atoms with Gasteiger partial charge in [-0.3, -0.25) is 9.89 Å². The van der Waals surface area contributed by atoms with Crippen molar-refractivity contribution in [1.82, 2.24) is 20.5 Å². The van der Waals surface area contributed by atoms with Crippen molar-refractivity contribution in [2.24, 2.45) is 0 Å². The number of nitrogens with one attached hydrogen (secondary N) is 2. The molecule has 1 aromatic heterocycles. The summed E-state index contributed by atoms with van der Waals surface area (Å²) in [4.78, 5) is 16.2. The molecule has 19 heavy (non-hydrogen) atoms. The molecule has 1 heterocycles. The minimum atomic E-state index is -0.576. The molecule has 0 fully saturated rings. The van der Waals surface area contributed by atoms with Gasteiger partial charge < -0.3 is 5.32 Å². The van der Waals surface area contributed by atoms with Crippen LogP contribution in [0.15, 0.2) is 30.6 Å². The van der Waals surface area contributed by atoms with Crippen molar-refractivity contribution in [3.8, 4) is 0 Å². The molecule has 0 bridgehead atoms. The first kappa shape index (κ1) is 13.3. The van der Waals surface area contributed by atoms with Crippen LogP contribution >= 0.6 is 0 Å². The lowest BCUT2D eigenvalue weighted by atomic mass is 9.83. The van der Waals surface area contributed by atoms with Crippen LogP contribution in [0.5, 0.6) is 0 Å². The minimum Gasteiger partial charge on any atom is -0.348 e. The molecule has 1 aromatic carbocycles. The first-order valence-electron chi connectivity index (χ1n) is 6.20. The summed E-state index contributed by atoms with van der Waals surface area (Å²) in [6.45, 7) is 6.20. The highest BCUT2D eigenvalue weighted by Gasteiger charge is 2.29. The number of carbonyl (C=O) groups excluding carboxylic acids is 1. The molecule has 1 amide bonds. The van der Waals surface area contributed by atoms with E-state index in [1.807, 2.05) is 45.0 Å². The smallest absolute Gasteiger partial charge is 0.230 e. The highest BCUT2D eigenvalue weighted by Crippen LogP contribution is 2.23. The lowest BCUT2D eigenvalue weighted by Crippen LogP contribution is -2.39. The zero-order chi connectivity index (χ0) is 13.9. The Kier molecular flexibility index (Phi) is 3.64. The fourth-order valence-corrected chi connectivity index (χ4v) is 1.80. The second-order valence-electron chi connectivity index (χ2n) is 5.11. The number of hydrogen-bond acceptors (Lipinski definition) is 3. The number of aromatic nitrogens is 3. The minimum absolute atomic E-state index is 0.0345. The average molecular weight is 258 g/mol. The Morgan fingerprint density at radius 3 is 2.58 bits per heavy atom. The van der Waals surface area contributed by atoms with Gasteiger partial charge in [-0.25, -0.2) is 4.98 Å². The molecule has 0 radical (unpaired) electrons. The van der Waals surface area contributed by atoms with Crippen molar-refractivity contribution < 1.29 is 4.79 Å². The van der Waals surface area contributed by atoms with Gasteiger partial charge in [0.15, 0.2) is 0 Å². The molecule has 2 aromatic rings. The Labute approximate surface area is 112 Å². The molecular formula is C14H18N4O. The third-order valence-corrected chi connectivity index (χ3v) is 3.22. The predicted octanol–water partition coefficient (Wildman–Crippen LogP) is 1.71. The van der Waals surface area contributed by atoms with Crippen LogP contribution in [0.4, 0.5) is 0 Å². The first-order chi connectivity index (χ1) is 9.00. The molecular weight excluding hydrogens is 240 g/mol. The first-order valence-corrected chi connectivity index (χ1v) is 6.20. The van der Waals surface area contributed by atoms with E-state index in [9.17, 15) is 4.79 Å². The molecule has 0 aliphatic carbocycles. The Hall–Kier alpha value is -2.17. The van der Waals surface area contributed by atoms with Crippen LogP contribution in [0.2, 0.25) is 0 Å². The number of carbonyl (C=O) groups is 1. The van der Waals surface area contributed by atoms with Gasteiger partial charge >= 0.3 is 0 Å². The zero-order valence-corrected chi connectivity index (χ0v) is 11.4. The van der Waals surface area contributed by atoms with Crippen LogP contribution in [0.25, 0.3) is 0 Å². The summed E-state index contributed by atoms with van der Waals surface area (Å²) < 4.78 is 0. The van der Waals surface area contributed by atoms with Crippen molar-refractivity contribution >= 4 is 5.91 Å². The van der Waals surface area contributed by atoms with Gasteiger partial charge in [-0.2, -0.15) is 5.10 Å². The summed E-state index contributed by atoms with van der Waals surface area (Å²) in [6.07, 6.45) is 1.42. The van der Waals surface area contributed by atoms with Gasteiger partial charge in [0.05, 0.1) is 12.0 Å². The Morgan fingerprint density at radius 2 is 2.00 bits per heavy atom. The molecule has 0 saturated carbocycles. The molecule has 0 aliphatic rings. The number of H-pyrrole nitrogens is 1. The molecule has 2 N–H and O–H groups in total. The second-order valence-corrected chi connectivity index (χ2v) is 5.11. The van der Waals surface area contributed by atoms with Crippen molar-refractivity contribution in [1.29, 1.82) is 0 Å². The summed E-state index contributed by atoms with van der Waals surface area (Å²) in [7, 11) is 0. The van der Waals surface area contributed by atoms with E-state index in [-0.39, 0.29) is 5.91 Å². The Balaban J connectivity index is 2.06. The molecule has 5 heteroatoms. The second kappa shape index (κ2) is 5.22. The van der Waals surface area contributed by atoms with Crippen molar-refractivity contribution in [2.45, 2.75) is 32.7 Å². The molecule has 5 nitrogen and oxygen atoms in total. The number of aryl methyl sites for hydroxylation is 1. The van der Waals surface area contributed by atoms with Gasteiger partial charge in [0.1, 0.15) is 12.2 Å². The monoisotopic (exact) mass is 258 g/mol. The van der Waals surface area contributed by atoms with Gasteiger partial charge in [-0.1, -0.05) is 29.8 Å². The summed E-state index contributed by atoms with van der Waals surface area (Å²) in [5, 5.41) is 9.32. The lowest BCUT2D eigenvalue weighted by Gasteiger charge is -2.24. The molecule has 0 saturated heterocycles. The molecule has 2 rings (SSSR count). The standard InChI is InChI=1S/C14H18N4O/c1-10-4-6-11(7-5-10)14(2,3)13(19)15-8-12-16-9-17-18-12/h4-7,9H,8H2,1-3H3,(H,15,19)(H,16,17,18). The highest BCUT2D eigenvalue weighted by atomic mass is 16.2. The normalized spacial score (nSPS) is 11.3. The van der Waals surface area contributed by atoms with E-state index in [1.165, 1.54) is 11.9 Å². The molecule has 0 aliphatic heterocycles. The van der Waals surface area contributed by atoms with Gasteiger partial charge in [0, 0.05) is 0 Å². The molecule has 0 unspecified atom stereocenters. The number of hydrogen-bond donors (Lipinski definition) is 2.